The highest BCUT2D eigenvalue weighted by Crippen LogP contribution is 2.32. The van der Waals surface area contributed by atoms with Gasteiger partial charge in [-0.3, -0.25) is 4.79 Å². The van der Waals surface area contributed by atoms with Crippen molar-refractivity contribution in [1.82, 2.24) is 4.98 Å². The Hall–Kier alpha value is -3.03. The van der Waals surface area contributed by atoms with E-state index >= 15 is 0 Å². The number of rotatable bonds is 5. The topological polar surface area (TPSA) is 84.6 Å². The lowest BCUT2D eigenvalue weighted by Gasteiger charge is -2.10. The summed E-state index contributed by atoms with van der Waals surface area (Å²) in [5, 5.41) is 13.1. The van der Waals surface area contributed by atoms with Gasteiger partial charge in [-0.2, -0.15) is 0 Å². The molecule has 8 heteroatoms. The van der Waals surface area contributed by atoms with Crippen LogP contribution in [0.25, 0.3) is 22.6 Å². The average molecular weight is 502 g/mol. The summed E-state index contributed by atoms with van der Waals surface area (Å²) < 4.78 is 11.9. The monoisotopic (exact) mass is 500 g/mol. The second kappa shape index (κ2) is 8.61. The van der Waals surface area contributed by atoms with Crippen molar-refractivity contribution in [3.8, 4) is 23.0 Å². The van der Waals surface area contributed by atoms with Crippen LogP contribution in [0.3, 0.4) is 0 Å². The second-order valence-electron chi connectivity index (χ2n) is 7.08. The Morgan fingerprint density at radius 3 is 2.61 bits per heavy atom. The first-order valence-electron chi connectivity index (χ1n) is 9.39. The molecular formula is C23H18BrClN2O4. The van der Waals surface area contributed by atoms with Crippen LogP contribution >= 0.6 is 27.5 Å². The summed E-state index contributed by atoms with van der Waals surface area (Å²) in [6.07, 6.45) is 0. The van der Waals surface area contributed by atoms with E-state index in [4.69, 9.17) is 20.8 Å². The Balaban J connectivity index is 1.46. The number of carbonyl (C=O) groups is 1. The molecule has 0 aliphatic carbocycles. The van der Waals surface area contributed by atoms with Gasteiger partial charge in [0.15, 0.2) is 12.2 Å². The maximum absolute atomic E-state index is 12.3. The van der Waals surface area contributed by atoms with E-state index in [9.17, 15) is 9.90 Å². The van der Waals surface area contributed by atoms with Gasteiger partial charge >= 0.3 is 0 Å². The molecule has 0 radical (unpaired) electrons. The number of phenolic OH excluding ortho intramolecular Hbond substituents is 1. The fourth-order valence-corrected chi connectivity index (χ4v) is 3.59. The molecule has 1 heterocycles. The van der Waals surface area contributed by atoms with Crippen molar-refractivity contribution in [3.05, 3.63) is 69.2 Å². The van der Waals surface area contributed by atoms with Crippen molar-refractivity contribution in [3.63, 3.8) is 0 Å². The number of nitrogens with one attached hydrogen (secondary N) is 1. The van der Waals surface area contributed by atoms with Gasteiger partial charge in [0, 0.05) is 16.3 Å². The van der Waals surface area contributed by atoms with E-state index in [-0.39, 0.29) is 18.3 Å². The Morgan fingerprint density at radius 2 is 1.90 bits per heavy atom. The van der Waals surface area contributed by atoms with Crippen LogP contribution < -0.4 is 10.1 Å². The first-order valence-corrected chi connectivity index (χ1v) is 10.6. The summed E-state index contributed by atoms with van der Waals surface area (Å²) in [4.78, 5) is 16.8. The summed E-state index contributed by atoms with van der Waals surface area (Å²) in [7, 11) is 0. The molecule has 4 rings (SSSR count). The highest BCUT2D eigenvalue weighted by atomic mass is 79.9. The summed E-state index contributed by atoms with van der Waals surface area (Å²) >= 11 is 9.44. The number of amides is 1. The number of anilines is 1. The van der Waals surface area contributed by atoms with Gasteiger partial charge in [0.25, 0.3) is 5.91 Å². The first kappa shape index (κ1) is 21.2. The van der Waals surface area contributed by atoms with Crippen LogP contribution in [0.5, 0.6) is 11.5 Å². The number of benzene rings is 3. The van der Waals surface area contributed by atoms with Crippen molar-refractivity contribution in [2.75, 3.05) is 11.9 Å². The minimum atomic E-state index is -0.296. The van der Waals surface area contributed by atoms with E-state index in [1.54, 1.807) is 48.5 Å². The Bertz CT molecular complexity index is 1280. The van der Waals surface area contributed by atoms with E-state index in [2.05, 4.69) is 26.2 Å². The van der Waals surface area contributed by atoms with Gasteiger partial charge in [-0.1, -0.05) is 11.6 Å². The van der Waals surface area contributed by atoms with Crippen molar-refractivity contribution in [2.24, 2.45) is 0 Å². The predicted molar refractivity (Wildman–Crippen MR) is 124 cm³/mol. The molecule has 0 saturated heterocycles. The number of halogens is 2. The van der Waals surface area contributed by atoms with Crippen LogP contribution in [-0.4, -0.2) is 22.6 Å². The summed E-state index contributed by atoms with van der Waals surface area (Å²) in [5.74, 6) is 0.842. The highest BCUT2D eigenvalue weighted by molar-refractivity contribution is 9.10. The average Bonchev–Trinajstić information content (AvgIpc) is 3.15. The lowest BCUT2D eigenvalue weighted by Crippen LogP contribution is -2.20. The Labute approximate surface area is 191 Å². The third-order valence-electron chi connectivity index (χ3n) is 4.65. The molecule has 3 aromatic carbocycles. The van der Waals surface area contributed by atoms with Gasteiger partial charge in [-0.15, -0.1) is 0 Å². The molecule has 158 valence electrons. The number of phenols is 1. The van der Waals surface area contributed by atoms with Crippen LogP contribution in [0, 0.1) is 13.8 Å². The maximum atomic E-state index is 12.3. The van der Waals surface area contributed by atoms with Crippen molar-refractivity contribution in [2.45, 2.75) is 13.8 Å². The zero-order valence-corrected chi connectivity index (χ0v) is 19.0. The number of oxazole rings is 1. The highest BCUT2D eigenvalue weighted by Gasteiger charge is 2.12. The van der Waals surface area contributed by atoms with Gasteiger partial charge in [-0.25, -0.2) is 4.98 Å². The predicted octanol–water partition coefficient (Wildman–Crippen LogP) is 6.25. The minimum absolute atomic E-state index is 0.135. The Morgan fingerprint density at radius 1 is 1.16 bits per heavy atom. The number of hydrogen-bond donors (Lipinski definition) is 2. The number of aryl methyl sites for hydroxylation is 2. The lowest BCUT2D eigenvalue weighted by atomic mass is 10.1. The molecule has 1 aromatic heterocycles. The van der Waals surface area contributed by atoms with E-state index in [0.717, 1.165) is 11.1 Å². The molecule has 1 amide bonds. The quantitative estimate of drug-likeness (QED) is 0.338. The fourth-order valence-electron chi connectivity index (χ4n) is 3.10. The van der Waals surface area contributed by atoms with Gasteiger partial charge < -0.3 is 19.6 Å². The van der Waals surface area contributed by atoms with E-state index in [1.807, 2.05) is 13.8 Å². The lowest BCUT2D eigenvalue weighted by molar-refractivity contribution is -0.118. The summed E-state index contributed by atoms with van der Waals surface area (Å²) in [5.41, 5.74) is 4.27. The number of ether oxygens (including phenoxy) is 1. The number of aromatic hydroxyl groups is 1. The summed E-state index contributed by atoms with van der Waals surface area (Å²) in [6.45, 7) is 3.64. The zero-order valence-electron chi connectivity index (χ0n) is 16.7. The van der Waals surface area contributed by atoms with E-state index < -0.39 is 0 Å². The standard InChI is InChI=1S/C23H18BrClN2O4/c1-12-7-16(8-13(2)22(12)25)30-11-21(29)26-15-4-6-20-18(10-15)27-23(31-20)14-3-5-19(28)17(24)9-14/h3-10,28H,11H2,1-2H3,(H,26,29). The molecule has 6 nitrogen and oxygen atoms in total. The fraction of sp³-hybridized carbons (Fsp3) is 0.130. The van der Waals surface area contributed by atoms with Crippen molar-refractivity contribution in [1.29, 1.82) is 0 Å². The number of fused-ring (bicyclic) bond motifs is 1. The van der Waals surface area contributed by atoms with Gasteiger partial charge in [-0.05, 0) is 89.4 Å². The zero-order chi connectivity index (χ0) is 22.1. The molecule has 0 atom stereocenters. The van der Waals surface area contributed by atoms with Gasteiger partial charge in [0.1, 0.15) is 17.0 Å². The number of nitrogens with zero attached hydrogens (tertiary/aromatic N) is 1. The number of hydrogen-bond acceptors (Lipinski definition) is 5. The van der Waals surface area contributed by atoms with Crippen molar-refractivity contribution >= 4 is 50.2 Å². The van der Waals surface area contributed by atoms with Crippen LogP contribution in [-0.2, 0) is 4.79 Å². The largest absolute Gasteiger partial charge is 0.507 e. The molecule has 0 fully saturated rings. The minimum Gasteiger partial charge on any atom is -0.507 e. The van der Waals surface area contributed by atoms with Crippen molar-refractivity contribution < 1.29 is 19.1 Å². The SMILES string of the molecule is Cc1cc(OCC(=O)Nc2ccc3oc(-c4ccc(O)c(Br)c4)nc3c2)cc(C)c1Cl. The van der Waals surface area contributed by atoms with E-state index in [1.165, 1.54) is 0 Å². The molecule has 0 saturated carbocycles. The third-order valence-corrected chi connectivity index (χ3v) is 5.88. The van der Waals surface area contributed by atoms with E-state index in [0.29, 0.717) is 43.5 Å². The van der Waals surface area contributed by atoms with Crippen LogP contribution in [0.15, 0.2) is 57.4 Å². The molecule has 0 unspecified atom stereocenters. The molecule has 4 aromatic rings. The number of carbonyl (C=O) groups excluding carboxylic acids is 1. The second-order valence-corrected chi connectivity index (χ2v) is 8.31. The van der Waals surface area contributed by atoms with Gasteiger partial charge in [0.05, 0.1) is 4.47 Å². The molecular weight excluding hydrogens is 484 g/mol. The maximum Gasteiger partial charge on any atom is 0.262 e. The molecule has 2 N–H and O–H groups in total. The summed E-state index contributed by atoms with van der Waals surface area (Å²) in [6, 6.07) is 13.8. The molecule has 0 aliphatic heterocycles. The molecule has 0 aliphatic rings. The van der Waals surface area contributed by atoms with Gasteiger partial charge in [0.2, 0.25) is 5.89 Å². The van der Waals surface area contributed by atoms with Crippen LogP contribution in [0.1, 0.15) is 11.1 Å². The van der Waals surface area contributed by atoms with Crippen LogP contribution in [0.2, 0.25) is 5.02 Å². The molecule has 0 bridgehead atoms. The third kappa shape index (κ3) is 4.68. The number of aromatic nitrogens is 1. The molecule has 0 spiro atoms. The first-order chi connectivity index (χ1) is 14.8. The Kier molecular flexibility index (Phi) is 5.89. The van der Waals surface area contributed by atoms with Crippen LogP contribution in [0.4, 0.5) is 5.69 Å². The normalized spacial score (nSPS) is 11.0. The molecule has 31 heavy (non-hydrogen) atoms. The smallest absolute Gasteiger partial charge is 0.262 e.